The first kappa shape index (κ1) is 33.6. The van der Waals surface area contributed by atoms with Crippen molar-refractivity contribution in [2.75, 3.05) is 36.7 Å². The molecule has 1 N–H and O–H groups in total. The number of piperidine rings is 1. The lowest BCUT2D eigenvalue weighted by atomic mass is 10.0. The van der Waals surface area contributed by atoms with Gasteiger partial charge in [-0.15, -0.1) is 12.4 Å². The highest BCUT2D eigenvalue weighted by Gasteiger charge is 2.30. The number of halogens is 3. The maximum Gasteiger partial charge on any atom is 0.326 e. The van der Waals surface area contributed by atoms with Gasteiger partial charge in [0.05, 0.1) is 17.7 Å². The maximum atomic E-state index is 14.3. The molecule has 0 saturated carbocycles. The second-order valence-electron chi connectivity index (χ2n) is 10.5. The third kappa shape index (κ3) is 8.47. The third-order valence-corrected chi connectivity index (χ3v) is 8.44. The van der Waals surface area contributed by atoms with Crippen LogP contribution in [0.1, 0.15) is 18.4 Å². The number of nitrogens with one attached hydrogen (secondary N) is 1. The van der Waals surface area contributed by atoms with E-state index in [1.54, 1.807) is 17.2 Å². The van der Waals surface area contributed by atoms with E-state index < -0.39 is 27.5 Å². The van der Waals surface area contributed by atoms with Crippen LogP contribution in [0.5, 0.6) is 17.4 Å². The number of pyridine rings is 1. The molecule has 0 unspecified atom stereocenters. The number of anilines is 2. The summed E-state index contributed by atoms with van der Waals surface area (Å²) in [6, 6.07) is 19.7. The minimum absolute atomic E-state index is 0. The predicted molar refractivity (Wildman–Crippen MR) is 170 cm³/mol. The predicted octanol–water partition coefficient (Wildman–Crippen LogP) is 6.69. The molecule has 1 saturated heterocycles. The van der Waals surface area contributed by atoms with E-state index in [0.29, 0.717) is 49.8 Å². The normalized spacial score (nSPS) is 13.9. The Hall–Kier alpha value is -4.26. The molecule has 0 spiro atoms. The van der Waals surface area contributed by atoms with Crippen LogP contribution in [0.25, 0.3) is 0 Å². The number of hydrogen-bond donors (Lipinski definition) is 1. The molecule has 4 aromatic rings. The van der Waals surface area contributed by atoms with Crippen molar-refractivity contribution in [3.63, 3.8) is 0 Å². The van der Waals surface area contributed by atoms with E-state index in [0.717, 1.165) is 24.0 Å². The second-order valence-corrected chi connectivity index (χ2v) is 12.5. The lowest BCUT2D eigenvalue weighted by Crippen LogP contribution is -2.49. The molecule has 0 radical (unpaired) electrons. The molecule has 1 fully saturated rings. The third-order valence-electron chi connectivity index (χ3n) is 7.33. The molecule has 9 nitrogen and oxygen atoms in total. The Morgan fingerprint density at radius 3 is 2.36 bits per heavy atom. The molecule has 0 bridgehead atoms. The summed E-state index contributed by atoms with van der Waals surface area (Å²) in [4.78, 5) is 21.8. The number of likely N-dealkylation sites (tertiary alicyclic amines) is 1. The largest absolute Gasteiger partial charge is 0.493 e. The molecule has 3 aromatic carbocycles. The number of benzene rings is 3. The van der Waals surface area contributed by atoms with E-state index in [9.17, 15) is 22.0 Å². The number of urea groups is 1. The summed E-state index contributed by atoms with van der Waals surface area (Å²) in [5, 5.41) is 2.60. The van der Waals surface area contributed by atoms with Gasteiger partial charge in [-0.3, -0.25) is 9.80 Å². The van der Waals surface area contributed by atoms with Crippen molar-refractivity contribution < 1.29 is 31.5 Å². The van der Waals surface area contributed by atoms with Crippen molar-refractivity contribution in [1.29, 1.82) is 0 Å². The van der Waals surface area contributed by atoms with Crippen LogP contribution in [-0.2, 0) is 16.4 Å². The lowest BCUT2D eigenvalue weighted by Gasteiger charge is -2.38. The molecular formula is C32H33ClF2N4O5S. The highest BCUT2D eigenvalue weighted by molar-refractivity contribution is 7.90. The number of ether oxygens (including phenoxy) is 2. The Bertz CT molecular complexity index is 1720. The summed E-state index contributed by atoms with van der Waals surface area (Å²) in [5.41, 5.74) is 1.58. The smallest absolute Gasteiger partial charge is 0.326 e. The van der Waals surface area contributed by atoms with Crippen LogP contribution < -0.4 is 19.7 Å². The van der Waals surface area contributed by atoms with Gasteiger partial charge in [-0.1, -0.05) is 24.3 Å². The first-order chi connectivity index (χ1) is 21.1. The van der Waals surface area contributed by atoms with Crippen LogP contribution in [0.15, 0.2) is 90.0 Å². The number of aromatic nitrogens is 1. The van der Waals surface area contributed by atoms with Crippen LogP contribution in [-0.4, -0.2) is 56.8 Å². The molecule has 13 heteroatoms. The number of amides is 2. The van der Waals surface area contributed by atoms with Crippen molar-refractivity contribution in [2.45, 2.75) is 30.3 Å². The van der Waals surface area contributed by atoms with E-state index in [1.807, 2.05) is 36.4 Å². The van der Waals surface area contributed by atoms with E-state index in [1.165, 1.54) is 31.4 Å². The SMILES string of the molecule is COc1cc(S(C)(=O)=O)ccc1Oc1ccc(CN2CCC(N(C(=O)Nc3ccc(F)cc3F)c3ccccc3)CC2)cn1.Cl. The van der Waals surface area contributed by atoms with Crippen molar-refractivity contribution in [3.05, 3.63) is 102 Å². The second kappa shape index (κ2) is 14.7. The monoisotopic (exact) mass is 658 g/mol. The number of methoxy groups -OCH3 is 1. The van der Waals surface area contributed by atoms with Crippen molar-refractivity contribution in [2.24, 2.45) is 0 Å². The number of carbonyl (C=O) groups is 1. The molecule has 2 heterocycles. The molecule has 0 atom stereocenters. The molecule has 1 aromatic heterocycles. The van der Waals surface area contributed by atoms with Gasteiger partial charge in [0.1, 0.15) is 11.6 Å². The standard InChI is InChI=1S/C32H32F2N4O5S.ClH/c1-42-30-19-26(44(2,40)41)10-12-29(30)43-31-13-8-22(20-35-31)21-37-16-14-25(15-17-37)38(24-6-4-3-5-7-24)32(39)36-28-11-9-23(33)18-27(28)34;/h3-13,18-20,25H,14-17,21H2,1-2H3,(H,36,39);1H. The highest BCUT2D eigenvalue weighted by atomic mass is 35.5. The number of sulfone groups is 1. The maximum absolute atomic E-state index is 14.3. The summed E-state index contributed by atoms with van der Waals surface area (Å²) in [6.07, 6.45) is 4.22. The van der Waals surface area contributed by atoms with Crippen molar-refractivity contribution >= 4 is 39.7 Å². The Kier molecular flexibility index (Phi) is 11.0. The molecule has 45 heavy (non-hydrogen) atoms. The first-order valence-corrected chi connectivity index (χ1v) is 15.8. The van der Waals surface area contributed by atoms with E-state index >= 15 is 0 Å². The molecule has 1 aliphatic heterocycles. The lowest BCUT2D eigenvalue weighted by molar-refractivity contribution is 0.199. The average molecular weight is 659 g/mol. The van der Waals surface area contributed by atoms with Gasteiger partial charge in [-0.2, -0.15) is 0 Å². The van der Waals surface area contributed by atoms with Crippen LogP contribution in [0.3, 0.4) is 0 Å². The Balaban J connectivity index is 0.00000461. The van der Waals surface area contributed by atoms with Gasteiger partial charge in [0.2, 0.25) is 5.88 Å². The van der Waals surface area contributed by atoms with E-state index in [4.69, 9.17) is 9.47 Å². The van der Waals surface area contributed by atoms with E-state index in [2.05, 4.69) is 15.2 Å². The van der Waals surface area contributed by atoms with Crippen molar-refractivity contribution in [3.8, 4) is 17.4 Å². The molecule has 1 aliphatic rings. The zero-order valence-electron chi connectivity index (χ0n) is 24.7. The average Bonchev–Trinajstić information content (AvgIpc) is 3.01. The van der Waals surface area contributed by atoms with Gasteiger partial charge >= 0.3 is 6.03 Å². The summed E-state index contributed by atoms with van der Waals surface area (Å²) in [6.45, 7) is 2.08. The number of para-hydroxylation sites is 1. The minimum atomic E-state index is -3.39. The summed E-state index contributed by atoms with van der Waals surface area (Å²) in [5.74, 6) is -0.596. The van der Waals surface area contributed by atoms with Gasteiger partial charge in [0.15, 0.2) is 21.3 Å². The molecule has 0 aliphatic carbocycles. The van der Waals surface area contributed by atoms with Gasteiger partial charge in [0, 0.05) is 62.0 Å². The molecule has 5 rings (SSSR count). The highest BCUT2D eigenvalue weighted by Crippen LogP contribution is 2.33. The fourth-order valence-corrected chi connectivity index (χ4v) is 5.72. The van der Waals surface area contributed by atoms with Gasteiger partial charge in [-0.25, -0.2) is 27.0 Å². The fraction of sp³-hybridized carbons (Fsp3) is 0.250. The van der Waals surface area contributed by atoms with E-state index in [-0.39, 0.29) is 34.8 Å². The molecule has 238 valence electrons. The van der Waals surface area contributed by atoms with Crippen molar-refractivity contribution in [1.82, 2.24) is 9.88 Å². The fourth-order valence-electron chi connectivity index (χ4n) is 5.08. The number of nitrogens with zero attached hydrogens (tertiary/aromatic N) is 3. The Labute approximate surface area is 267 Å². The minimum Gasteiger partial charge on any atom is -0.493 e. The zero-order valence-corrected chi connectivity index (χ0v) is 26.3. The van der Waals surface area contributed by atoms with Gasteiger partial charge in [-0.05, 0) is 54.8 Å². The number of hydrogen-bond acceptors (Lipinski definition) is 7. The zero-order chi connectivity index (χ0) is 31.3. The summed E-state index contributed by atoms with van der Waals surface area (Å²) in [7, 11) is -1.96. The molecular weight excluding hydrogens is 626 g/mol. The number of carbonyl (C=O) groups excluding carboxylic acids is 1. The topological polar surface area (TPSA) is 101 Å². The Morgan fingerprint density at radius 1 is 1.00 bits per heavy atom. The number of rotatable bonds is 9. The van der Waals surface area contributed by atoms with Crippen LogP contribution in [0, 0.1) is 11.6 Å². The quantitative estimate of drug-likeness (QED) is 0.214. The van der Waals surface area contributed by atoms with Crippen LogP contribution in [0.4, 0.5) is 25.0 Å². The van der Waals surface area contributed by atoms with Gasteiger partial charge < -0.3 is 14.8 Å². The summed E-state index contributed by atoms with van der Waals surface area (Å²) < 4.78 is 62.5. The van der Waals surface area contributed by atoms with Crippen LogP contribution >= 0.6 is 12.4 Å². The Morgan fingerprint density at radius 2 is 1.73 bits per heavy atom. The molecule has 2 amide bonds. The summed E-state index contributed by atoms with van der Waals surface area (Å²) >= 11 is 0. The van der Waals surface area contributed by atoms with Gasteiger partial charge in [0.25, 0.3) is 0 Å². The first-order valence-electron chi connectivity index (χ1n) is 13.9. The van der Waals surface area contributed by atoms with Crippen LogP contribution in [0.2, 0.25) is 0 Å².